The Balaban J connectivity index is 2.05. The minimum absolute atomic E-state index is 0.825. The van der Waals surface area contributed by atoms with E-state index in [4.69, 9.17) is 4.42 Å². The van der Waals surface area contributed by atoms with Crippen molar-refractivity contribution in [2.75, 3.05) is 0 Å². The molecule has 2 nitrogen and oxygen atoms in total. The van der Waals surface area contributed by atoms with Gasteiger partial charge in [-0.3, -0.25) is 0 Å². The second-order valence-corrected chi connectivity index (χ2v) is 4.69. The molecule has 0 aliphatic rings. The van der Waals surface area contributed by atoms with Crippen LogP contribution < -0.4 is 0 Å². The molecule has 0 atom stereocenters. The lowest BCUT2D eigenvalue weighted by Gasteiger charge is -2.01. The van der Waals surface area contributed by atoms with Gasteiger partial charge in [-0.15, -0.1) is 0 Å². The molecule has 1 aromatic carbocycles. The molecule has 0 aliphatic heterocycles. The minimum Gasteiger partial charge on any atom is -0.446 e. The lowest BCUT2D eigenvalue weighted by molar-refractivity contribution is 0.469. The lowest BCUT2D eigenvalue weighted by atomic mass is 10.1. The summed E-state index contributed by atoms with van der Waals surface area (Å²) in [6, 6.07) is 8.24. The van der Waals surface area contributed by atoms with Crippen LogP contribution in [-0.4, -0.2) is 4.98 Å². The second kappa shape index (κ2) is 4.83. The molecule has 0 bridgehead atoms. The summed E-state index contributed by atoms with van der Waals surface area (Å²) in [5.41, 5.74) is 2.28. The number of hydrogen-bond acceptors (Lipinski definition) is 2. The number of oxazole rings is 1. The van der Waals surface area contributed by atoms with Crippen molar-refractivity contribution < 1.29 is 4.42 Å². The zero-order chi connectivity index (χ0) is 11.5. The molecule has 0 spiro atoms. The molecule has 0 fully saturated rings. The monoisotopic (exact) mass is 279 g/mol. The maximum atomic E-state index is 5.55. The van der Waals surface area contributed by atoms with E-state index >= 15 is 0 Å². The molecule has 1 heterocycles. The van der Waals surface area contributed by atoms with E-state index in [2.05, 4.69) is 33.0 Å². The van der Waals surface area contributed by atoms with Gasteiger partial charge in [-0.05, 0) is 31.9 Å². The van der Waals surface area contributed by atoms with Gasteiger partial charge < -0.3 is 4.42 Å². The standard InChI is InChI=1S/C13H14BrNO/c1-9-10(2)16-13(15-9)8-7-11-5-3-4-6-12(11)14/h3-6H,7-8H2,1-2H3. The highest BCUT2D eigenvalue weighted by Gasteiger charge is 2.06. The van der Waals surface area contributed by atoms with Gasteiger partial charge in [0.1, 0.15) is 5.76 Å². The van der Waals surface area contributed by atoms with E-state index in [-0.39, 0.29) is 0 Å². The van der Waals surface area contributed by atoms with Gasteiger partial charge in [0, 0.05) is 10.9 Å². The molecule has 0 saturated carbocycles. The summed E-state index contributed by atoms with van der Waals surface area (Å²) >= 11 is 3.54. The van der Waals surface area contributed by atoms with Gasteiger partial charge in [-0.25, -0.2) is 4.98 Å². The first-order valence-electron chi connectivity index (χ1n) is 5.33. The third-order valence-electron chi connectivity index (χ3n) is 2.64. The summed E-state index contributed by atoms with van der Waals surface area (Å²) in [5.74, 6) is 1.74. The number of aryl methyl sites for hydroxylation is 4. The second-order valence-electron chi connectivity index (χ2n) is 3.84. The fourth-order valence-corrected chi connectivity index (χ4v) is 2.07. The van der Waals surface area contributed by atoms with Crippen molar-refractivity contribution in [3.63, 3.8) is 0 Å². The van der Waals surface area contributed by atoms with Gasteiger partial charge in [0.15, 0.2) is 5.89 Å². The van der Waals surface area contributed by atoms with Crippen LogP contribution in [0.4, 0.5) is 0 Å². The maximum Gasteiger partial charge on any atom is 0.194 e. The van der Waals surface area contributed by atoms with Crippen LogP contribution >= 0.6 is 15.9 Å². The van der Waals surface area contributed by atoms with E-state index < -0.39 is 0 Å². The van der Waals surface area contributed by atoms with Crippen LogP contribution in [0.15, 0.2) is 33.2 Å². The van der Waals surface area contributed by atoms with Gasteiger partial charge in [-0.2, -0.15) is 0 Å². The third kappa shape index (κ3) is 2.53. The summed E-state index contributed by atoms with van der Waals surface area (Å²) in [4.78, 5) is 4.37. The Morgan fingerprint density at radius 1 is 1.19 bits per heavy atom. The van der Waals surface area contributed by atoms with Gasteiger partial charge in [-0.1, -0.05) is 34.1 Å². The first kappa shape index (κ1) is 11.4. The number of aromatic nitrogens is 1. The van der Waals surface area contributed by atoms with E-state index in [9.17, 15) is 0 Å². The van der Waals surface area contributed by atoms with Crippen molar-refractivity contribution in [2.45, 2.75) is 26.7 Å². The smallest absolute Gasteiger partial charge is 0.194 e. The zero-order valence-electron chi connectivity index (χ0n) is 9.46. The first-order chi connectivity index (χ1) is 7.66. The van der Waals surface area contributed by atoms with Crippen LogP contribution in [0.5, 0.6) is 0 Å². The van der Waals surface area contributed by atoms with Crippen LogP contribution in [0, 0.1) is 13.8 Å². The van der Waals surface area contributed by atoms with Gasteiger partial charge >= 0.3 is 0 Å². The van der Waals surface area contributed by atoms with Crippen molar-refractivity contribution in [3.05, 3.63) is 51.6 Å². The van der Waals surface area contributed by atoms with Gasteiger partial charge in [0.25, 0.3) is 0 Å². The summed E-state index contributed by atoms with van der Waals surface area (Å²) in [6.45, 7) is 3.92. The predicted molar refractivity (Wildman–Crippen MR) is 67.5 cm³/mol. The fourth-order valence-electron chi connectivity index (χ4n) is 1.59. The summed E-state index contributed by atoms with van der Waals surface area (Å²) in [6.07, 6.45) is 1.79. The van der Waals surface area contributed by atoms with Crippen LogP contribution in [0.2, 0.25) is 0 Å². The molecule has 3 heteroatoms. The number of rotatable bonds is 3. The summed E-state index contributed by atoms with van der Waals surface area (Å²) in [7, 11) is 0. The van der Waals surface area contributed by atoms with E-state index in [0.717, 1.165) is 34.7 Å². The number of benzene rings is 1. The SMILES string of the molecule is Cc1nc(CCc2ccccc2Br)oc1C. The Hall–Kier alpha value is -1.09. The molecule has 0 aliphatic carbocycles. The Labute approximate surface area is 104 Å². The molecular weight excluding hydrogens is 266 g/mol. The Kier molecular flexibility index (Phi) is 3.44. The summed E-state index contributed by atoms with van der Waals surface area (Å²) in [5, 5.41) is 0. The highest BCUT2D eigenvalue weighted by molar-refractivity contribution is 9.10. The van der Waals surface area contributed by atoms with E-state index in [0.29, 0.717) is 0 Å². The molecule has 0 N–H and O–H groups in total. The Bertz CT molecular complexity index is 471. The number of hydrogen-bond donors (Lipinski definition) is 0. The topological polar surface area (TPSA) is 26.0 Å². The highest BCUT2D eigenvalue weighted by atomic mass is 79.9. The highest BCUT2D eigenvalue weighted by Crippen LogP contribution is 2.18. The quantitative estimate of drug-likeness (QED) is 0.853. The number of nitrogens with zero attached hydrogens (tertiary/aromatic N) is 1. The fraction of sp³-hybridized carbons (Fsp3) is 0.308. The molecule has 0 radical (unpaired) electrons. The predicted octanol–water partition coefficient (Wildman–Crippen LogP) is 3.84. The average molecular weight is 280 g/mol. The van der Waals surface area contributed by atoms with Crippen LogP contribution in [0.3, 0.4) is 0 Å². The largest absolute Gasteiger partial charge is 0.446 e. The molecule has 0 unspecified atom stereocenters. The third-order valence-corrected chi connectivity index (χ3v) is 3.41. The molecular formula is C13H14BrNO. The normalized spacial score (nSPS) is 10.7. The molecule has 2 rings (SSSR count). The van der Waals surface area contributed by atoms with Crippen molar-refractivity contribution in [3.8, 4) is 0 Å². The van der Waals surface area contributed by atoms with Crippen molar-refractivity contribution in [1.29, 1.82) is 0 Å². The van der Waals surface area contributed by atoms with E-state index in [1.165, 1.54) is 5.56 Å². The van der Waals surface area contributed by atoms with Crippen molar-refractivity contribution >= 4 is 15.9 Å². The molecule has 1 aromatic heterocycles. The summed E-state index contributed by atoms with van der Waals surface area (Å²) < 4.78 is 6.70. The maximum absolute atomic E-state index is 5.55. The van der Waals surface area contributed by atoms with Crippen LogP contribution in [0.1, 0.15) is 22.9 Å². The van der Waals surface area contributed by atoms with E-state index in [1.807, 2.05) is 26.0 Å². The molecule has 0 saturated heterocycles. The lowest BCUT2D eigenvalue weighted by Crippen LogP contribution is -1.92. The average Bonchev–Trinajstić information content (AvgIpc) is 2.57. The minimum atomic E-state index is 0.825. The van der Waals surface area contributed by atoms with Crippen molar-refractivity contribution in [2.24, 2.45) is 0 Å². The van der Waals surface area contributed by atoms with Crippen molar-refractivity contribution in [1.82, 2.24) is 4.98 Å². The Morgan fingerprint density at radius 2 is 1.94 bits per heavy atom. The van der Waals surface area contributed by atoms with Crippen LogP contribution in [-0.2, 0) is 12.8 Å². The van der Waals surface area contributed by atoms with Crippen LogP contribution in [0.25, 0.3) is 0 Å². The molecule has 16 heavy (non-hydrogen) atoms. The molecule has 84 valence electrons. The molecule has 2 aromatic rings. The number of halogens is 1. The van der Waals surface area contributed by atoms with Gasteiger partial charge in [0.2, 0.25) is 0 Å². The Morgan fingerprint density at radius 3 is 2.56 bits per heavy atom. The van der Waals surface area contributed by atoms with Gasteiger partial charge in [0.05, 0.1) is 5.69 Å². The molecule has 0 amide bonds. The van der Waals surface area contributed by atoms with E-state index in [1.54, 1.807) is 0 Å². The first-order valence-corrected chi connectivity index (χ1v) is 6.12. The zero-order valence-corrected chi connectivity index (χ0v) is 11.0.